The lowest BCUT2D eigenvalue weighted by Crippen LogP contribution is -2.26. The van der Waals surface area contributed by atoms with Gasteiger partial charge in [0.15, 0.2) is 12.7 Å². The maximum atomic E-state index is 10.9. The molecule has 0 radical (unpaired) electrons. The molecule has 0 spiro atoms. The van der Waals surface area contributed by atoms with Crippen LogP contribution in [-0.2, 0) is 22.8 Å². The summed E-state index contributed by atoms with van der Waals surface area (Å²) < 4.78 is 20.3. The van der Waals surface area contributed by atoms with Gasteiger partial charge in [0.2, 0.25) is 0 Å². The maximum absolute atomic E-state index is 10.9. The number of benzene rings is 2. The first kappa shape index (κ1) is 29.1. The van der Waals surface area contributed by atoms with Gasteiger partial charge in [0.05, 0.1) is 37.5 Å². The minimum absolute atomic E-state index is 0.207. The Morgan fingerprint density at radius 3 is 1.71 bits per heavy atom. The third-order valence-corrected chi connectivity index (χ3v) is 4.87. The topological polar surface area (TPSA) is 152 Å². The van der Waals surface area contributed by atoms with Gasteiger partial charge in [-0.2, -0.15) is 0 Å². The van der Waals surface area contributed by atoms with Crippen LogP contribution in [0.1, 0.15) is 24.5 Å². The molecule has 12 heteroatoms. The van der Waals surface area contributed by atoms with Crippen LogP contribution in [0.4, 0.5) is 0 Å². The summed E-state index contributed by atoms with van der Waals surface area (Å²) in [4.78, 5) is 21.2. The molecule has 0 amide bonds. The number of hydrogen-bond donors (Lipinski definition) is 4. The first-order valence-corrected chi connectivity index (χ1v) is 10.6. The van der Waals surface area contributed by atoms with Gasteiger partial charge in [-0.3, -0.25) is 0 Å². The average molecular weight is 521 g/mol. The van der Waals surface area contributed by atoms with E-state index in [1.54, 1.807) is 6.92 Å². The molecule has 0 bridgehead atoms. The molecular formula is C22H26Cl2O10. The second-order valence-corrected chi connectivity index (χ2v) is 7.35. The monoisotopic (exact) mass is 520 g/mol. The second kappa shape index (κ2) is 14.4. The van der Waals surface area contributed by atoms with Crippen LogP contribution in [0.2, 0.25) is 10.0 Å². The zero-order valence-corrected chi connectivity index (χ0v) is 20.2. The first-order valence-electron chi connectivity index (χ1n) is 9.80. The Balaban J connectivity index is 0.000000342. The van der Waals surface area contributed by atoms with Crippen LogP contribution in [0.15, 0.2) is 24.3 Å². The quantitative estimate of drug-likeness (QED) is 0.346. The molecule has 0 fully saturated rings. The molecule has 0 aliphatic heterocycles. The number of rotatable bonds is 11. The van der Waals surface area contributed by atoms with E-state index in [2.05, 4.69) is 0 Å². The Hall–Kier alpha value is -2.92. The van der Waals surface area contributed by atoms with E-state index in [9.17, 15) is 9.59 Å². The van der Waals surface area contributed by atoms with Crippen molar-refractivity contribution in [2.75, 3.05) is 20.8 Å². The molecule has 0 saturated heterocycles. The number of carboxylic acids is 2. The molecule has 2 rings (SSSR count). The lowest BCUT2D eigenvalue weighted by molar-refractivity contribution is -0.145. The summed E-state index contributed by atoms with van der Waals surface area (Å²) in [5.74, 6) is -0.928. The van der Waals surface area contributed by atoms with Crippen molar-refractivity contribution in [3.8, 4) is 23.0 Å². The summed E-state index contributed by atoms with van der Waals surface area (Å²) in [6, 6.07) is 5.87. The van der Waals surface area contributed by atoms with Crippen LogP contribution < -0.4 is 18.9 Å². The van der Waals surface area contributed by atoms with Crippen molar-refractivity contribution in [2.45, 2.75) is 32.7 Å². The third kappa shape index (κ3) is 8.45. The standard InChI is InChI=1S/C12H15ClO5.C10H11ClO5/c1-3-9(12(15)16)18-11-5-10(17-2)7(6-14)4-8(11)13;1-15-8-3-9(16-5-10(13)14)7(11)2-6(8)4-12/h4-5,9,14H,3,6H2,1-2H3,(H,15,16);2-3,12H,4-5H2,1H3,(H,13,14). The van der Waals surface area contributed by atoms with Crippen LogP contribution >= 0.6 is 23.2 Å². The van der Waals surface area contributed by atoms with Crippen molar-refractivity contribution in [1.82, 2.24) is 0 Å². The first-order chi connectivity index (χ1) is 16.1. The van der Waals surface area contributed by atoms with Gasteiger partial charge in [-0.25, -0.2) is 9.59 Å². The number of methoxy groups -OCH3 is 2. The molecule has 10 nitrogen and oxygen atoms in total. The highest BCUT2D eigenvalue weighted by Crippen LogP contribution is 2.34. The molecule has 0 saturated carbocycles. The molecule has 0 aliphatic carbocycles. The maximum Gasteiger partial charge on any atom is 0.344 e. The van der Waals surface area contributed by atoms with Gasteiger partial charge in [-0.1, -0.05) is 30.1 Å². The predicted molar refractivity (Wildman–Crippen MR) is 123 cm³/mol. The Morgan fingerprint density at radius 2 is 1.32 bits per heavy atom. The number of carboxylic acid groups (broad SMARTS) is 2. The van der Waals surface area contributed by atoms with Crippen molar-refractivity contribution in [3.63, 3.8) is 0 Å². The Kier molecular flexibility index (Phi) is 12.3. The van der Waals surface area contributed by atoms with Crippen LogP contribution in [0.3, 0.4) is 0 Å². The van der Waals surface area contributed by atoms with Gasteiger partial charge >= 0.3 is 11.9 Å². The van der Waals surface area contributed by atoms with Gasteiger partial charge in [0.25, 0.3) is 0 Å². The minimum Gasteiger partial charge on any atom is -0.496 e. The summed E-state index contributed by atoms with van der Waals surface area (Å²) in [5.41, 5.74) is 1.02. The van der Waals surface area contributed by atoms with Crippen molar-refractivity contribution in [3.05, 3.63) is 45.4 Å². The molecule has 0 aromatic heterocycles. The smallest absolute Gasteiger partial charge is 0.344 e. The third-order valence-electron chi connectivity index (χ3n) is 4.28. The number of carbonyl (C=O) groups is 2. The number of aliphatic hydroxyl groups is 2. The van der Waals surface area contributed by atoms with E-state index in [-0.39, 0.29) is 34.8 Å². The SMILES string of the molecule is CCC(Oc1cc(OC)c(CO)cc1Cl)C(=O)O.COc1cc(OCC(=O)O)c(Cl)cc1CO. The van der Waals surface area contributed by atoms with E-state index in [0.717, 1.165) is 0 Å². The van der Waals surface area contributed by atoms with E-state index < -0.39 is 24.6 Å². The van der Waals surface area contributed by atoms with Crippen molar-refractivity contribution >= 4 is 35.1 Å². The second-order valence-electron chi connectivity index (χ2n) is 6.54. The zero-order chi connectivity index (χ0) is 25.8. The molecule has 2 aromatic carbocycles. The number of halogens is 2. The summed E-state index contributed by atoms with van der Waals surface area (Å²) in [6.45, 7) is 0.773. The molecule has 0 aliphatic rings. The zero-order valence-electron chi connectivity index (χ0n) is 18.7. The molecule has 2 aromatic rings. The highest BCUT2D eigenvalue weighted by atomic mass is 35.5. The highest BCUT2D eigenvalue weighted by Gasteiger charge is 2.19. The molecule has 4 N–H and O–H groups in total. The lowest BCUT2D eigenvalue weighted by atomic mass is 10.2. The van der Waals surface area contributed by atoms with Gasteiger partial charge in [-0.15, -0.1) is 0 Å². The number of hydrogen-bond acceptors (Lipinski definition) is 8. The fourth-order valence-electron chi connectivity index (χ4n) is 2.58. The average Bonchev–Trinajstić information content (AvgIpc) is 2.81. The number of aliphatic carboxylic acids is 2. The lowest BCUT2D eigenvalue weighted by Gasteiger charge is -2.16. The van der Waals surface area contributed by atoms with Crippen LogP contribution in [0, 0.1) is 0 Å². The van der Waals surface area contributed by atoms with Crippen LogP contribution in [0.25, 0.3) is 0 Å². The molecule has 34 heavy (non-hydrogen) atoms. The summed E-state index contributed by atoms with van der Waals surface area (Å²) in [5, 5.41) is 35.9. The molecule has 188 valence electrons. The predicted octanol–water partition coefficient (Wildman–Crippen LogP) is 3.39. The Bertz CT molecular complexity index is 981. The summed E-state index contributed by atoms with van der Waals surface area (Å²) in [7, 11) is 2.88. The van der Waals surface area contributed by atoms with Gasteiger partial charge in [0.1, 0.15) is 23.0 Å². The summed E-state index contributed by atoms with van der Waals surface area (Å²) >= 11 is 11.8. The minimum atomic E-state index is -1.10. The summed E-state index contributed by atoms with van der Waals surface area (Å²) in [6.07, 6.45) is -0.650. The van der Waals surface area contributed by atoms with Gasteiger partial charge in [-0.05, 0) is 18.6 Å². The molecule has 1 atom stereocenters. The molecular weight excluding hydrogens is 495 g/mol. The molecule has 1 unspecified atom stereocenters. The highest BCUT2D eigenvalue weighted by molar-refractivity contribution is 6.32. The van der Waals surface area contributed by atoms with E-state index >= 15 is 0 Å². The number of ether oxygens (including phenoxy) is 4. The largest absolute Gasteiger partial charge is 0.496 e. The number of aliphatic hydroxyl groups excluding tert-OH is 2. The normalized spacial score (nSPS) is 11.0. The van der Waals surface area contributed by atoms with Crippen molar-refractivity contribution in [1.29, 1.82) is 0 Å². The van der Waals surface area contributed by atoms with Crippen LogP contribution in [-0.4, -0.2) is 59.3 Å². The van der Waals surface area contributed by atoms with E-state index in [1.807, 2.05) is 0 Å². The van der Waals surface area contributed by atoms with E-state index in [4.69, 9.17) is 62.6 Å². The molecule has 0 heterocycles. The van der Waals surface area contributed by atoms with Gasteiger partial charge < -0.3 is 39.4 Å². The van der Waals surface area contributed by atoms with Gasteiger partial charge in [0, 0.05) is 23.3 Å². The Morgan fingerprint density at radius 1 is 0.853 bits per heavy atom. The van der Waals surface area contributed by atoms with Crippen molar-refractivity contribution in [2.24, 2.45) is 0 Å². The van der Waals surface area contributed by atoms with E-state index in [0.29, 0.717) is 29.0 Å². The van der Waals surface area contributed by atoms with Crippen LogP contribution in [0.5, 0.6) is 23.0 Å². The fraction of sp³-hybridized carbons (Fsp3) is 0.364. The van der Waals surface area contributed by atoms with Crippen molar-refractivity contribution < 1.29 is 49.0 Å². The van der Waals surface area contributed by atoms with E-state index in [1.165, 1.54) is 38.5 Å². The Labute approximate surface area is 206 Å². The fourth-order valence-corrected chi connectivity index (χ4v) is 3.05.